The van der Waals surface area contributed by atoms with Crippen molar-refractivity contribution in [3.8, 4) is 0 Å². The molecule has 0 saturated heterocycles. The Bertz CT molecular complexity index is 633. The number of urea groups is 1. The maximum atomic E-state index is 11.6. The summed E-state index contributed by atoms with van der Waals surface area (Å²) < 4.78 is 2.99. The molecule has 0 spiro atoms. The molecule has 0 saturated carbocycles. The summed E-state index contributed by atoms with van der Waals surface area (Å²) in [6.07, 6.45) is 4.90. The Morgan fingerprint density at radius 1 is 1.33 bits per heavy atom. The molecule has 2 aromatic rings. The molecule has 0 fully saturated rings. The Hall–Kier alpha value is -2.91. The molecule has 10 heteroatoms. The zero-order chi connectivity index (χ0) is 15.2. The molecule has 0 aliphatic heterocycles. The van der Waals surface area contributed by atoms with Crippen molar-refractivity contribution in [2.75, 3.05) is 0 Å². The largest absolute Gasteiger partial charge is 0.480 e. The number of nitrogens with zero attached hydrogens (tertiary/aromatic N) is 5. The van der Waals surface area contributed by atoms with Crippen LogP contribution in [-0.2, 0) is 31.5 Å². The second-order valence-corrected chi connectivity index (χ2v) is 4.29. The van der Waals surface area contributed by atoms with E-state index in [9.17, 15) is 9.59 Å². The monoisotopic (exact) mass is 293 g/mol. The second kappa shape index (κ2) is 6.50. The summed E-state index contributed by atoms with van der Waals surface area (Å²) in [4.78, 5) is 26.2. The minimum Gasteiger partial charge on any atom is -0.480 e. The van der Waals surface area contributed by atoms with Crippen molar-refractivity contribution in [2.45, 2.75) is 19.6 Å². The van der Waals surface area contributed by atoms with Crippen LogP contribution in [0.5, 0.6) is 0 Å². The molecule has 3 N–H and O–H groups in total. The number of hydrogen-bond acceptors (Lipinski definition) is 5. The summed E-state index contributed by atoms with van der Waals surface area (Å²) in [5, 5.41) is 21.2. The number of hydrogen-bond donors (Lipinski definition) is 3. The van der Waals surface area contributed by atoms with Crippen LogP contribution in [-0.4, -0.2) is 41.7 Å². The predicted octanol–water partition coefficient (Wildman–Crippen LogP) is -0.904. The van der Waals surface area contributed by atoms with Gasteiger partial charge in [0, 0.05) is 19.4 Å². The Kier molecular flexibility index (Phi) is 4.49. The third-order valence-electron chi connectivity index (χ3n) is 2.64. The van der Waals surface area contributed by atoms with Gasteiger partial charge in [0.25, 0.3) is 0 Å². The lowest BCUT2D eigenvalue weighted by Gasteiger charge is -2.06. The fourth-order valence-corrected chi connectivity index (χ4v) is 1.59. The molecule has 112 valence electrons. The lowest BCUT2D eigenvalue weighted by atomic mass is 10.4. The maximum absolute atomic E-state index is 11.6. The standard InChI is InChI=1S/C11H15N7O3/c1-17-3-2-12-9(17)5-14-11(21)13-4-8-6-18(16-15-8)7-10(19)20/h2-3,6H,4-5,7H2,1H3,(H,19,20)(H2,13,14,21). The van der Waals surface area contributed by atoms with Crippen LogP contribution in [0.25, 0.3) is 0 Å². The molecule has 0 aliphatic rings. The molecule has 0 bridgehead atoms. The van der Waals surface area contributed by atoms with Gasteiger partial charge >= 0.3 is 12.0 Å². The van der Waals surface area contributed by atoms with E-state index in [0.29, 0.717) is 12.2 Å². The highest BCUT2D eigenvalue weighted by molar-refractivity contribution is 5.73. The summed E-state index contributed by atoms with van der Waals surface area (Å²) in [6.45, 7) is 0.200. The van der Waals surface area contributed by atoms with Crippen LogP contribution >= 0.6 is 0 Å². The summed E-state index contributed by atoms with van der Waals surface area (Å²) in [7, 11) is 1.84. The lowest BCUT2D eigenvalue weighted by molar-refractivity contribution is -0.137. The second-order valence-electron chi connectivity index (χ2n) is 4.29. The number of aliphatic carboxylic acids is 1. The molecule has 10 nitrogen and oxygen atoms in total. The average molecular weight is 293 g/mol. The number of rotatable bonds is 6. The van der Waals surface area contributed by atoms with E-state index in [2.05, 4.69) is 25.9 Å². The highest BCUT2D eigenvalue weighted by Gasteiger charge is 2.07. The van der Waals surface area contributed by atoms with Gasteiger partial charge in [-0.05, 0) is 0 Å². The summed E-state index contributed by atoms with van der Waals surface area (Å²) in [5.41, 5.74) is 0.475. The van der Waals surface area contributed by atoms with E-state index in [-0.39, 0.29) is 19.1 Å². The molecule has 0 atom stereocenters. The number of imidazole rings is 1. The number of carbonyl (C=O) groups excluding carboxylic acids is 1. The van der Waals surface area contributed by atoms with Crippen molar-refractivity contribution >= 4 is 12.0 Å². The molecular weight excluding hydrogens is 278 g/mol. The first-order valence-electron chi connectivity index (χ1n) is 6.13. The molecule has 0 aliphatic carbocycles. The molecule has 0 radical (unpaired) electrons. The van der Waals surface area contributed by atoms with Gasteiger partial charge in [0.05, 0.1) is 19.3 Å². The van der Waals surface area contributed by atoms with Crippen molar-refractivity contribution in [3.05, 3.63) is 30.1 Å². The smallest absolute Gasteiger partial charge is 0.325 e. The van der Waals surface area contributed by atoms with Gasteiger partial charge in [-0.25, -0.2) is 14.5 Å². The Morgan fingerprint density at radius 2 is 2.10 bits per heavy atom. The van der Waals surface area contributed by atoms with Gasteiger partial charge in [0.2, 0.25) is 0 Å². The summed E-state index contributed by atoms with van der Waals surface area (Å²) in [5.74, 6) is -0.273. The third kappa shape index (κ3) is 4.30. The van der Waals surface area contributed by atoms with Crippen LogP contribution in [0.3, 0.4) is 0 Å². The van der Waals surface area contributed by atoms with Crippen molar-refractivity contribution in [2.24, 2.45) is 7.05 Å². The van der Waals surface area contributed by atoms with E-state index in [0.717, 1.165) is 5.82 Å². The summed E-state index contributed by atoms with van der Waals surface area (Å²) in [6, 6.07) is -0.370. The van der Waals surface area contributed by atoms with Crippen LogP contribution in [0.1, 0.15) is 11.5 Å². The number of nitrogens with one attached hydrogen (secondary N) is 2. The van der Waals surface area contributed by atoms with Crippen molar-refractivity contribution in [1.82, 2.24) is 35.2 Å². The zero-order valence-electron chi connectivity index (χ0n) is 11.4. The number of aromatic nitrogens is 5. The Morgan fingerprint density at radius 3 is 2.76 bits per heavy atom. The van der Waals surface area contributed by atoms with Gasteiger partial charge in [0.15, 0.2) is 0 Å². The zero-order valence-corrected chi connectivity index (χ0v) is 11.4. The molecule has 0 unspecified atom stereocenters. The molecule has 2 amide bonds. The number of carboxylic acids is 1. The van der Waals surface area contributed by atoms with Crippen molar-refractivity contribution < 1.29 is 14.7 Å². The number of amides is 2. The third-order valence-corrected chi connectivity index (χ3v) is 2.64. The van der Waals surface area contributed by atoms with Crippen molar-refractivity contribution in [3.63, 3.8) is 0 Å². The van der Waals surface area contributed by atoms with Crippen LogP contribution in [0.15, 0.2) is 18.6 Å². The summed E-state index contributed by atoms with van der Waals surface area (Å²) >= 11 is 0. The average Bonchev–Trinajstić information content (AvgIpc) is 3.02. The first kappa shape index (κ1) is 14.5. The fourth-order valence-electron chi connectivity index (χ4n) is 1.59. The predicted molar refractivity (Wildman–Crippen MR) is 69.9 cm³/mol. The molecule has 2 heterocycles. The van der Waals surface area contributed by atoms with Gasteiger partial charge < -0.3 is 20.3 Å². The fraction of sp³-hybridized carbons (Fsp3) is 0.364. The highest BCUT2D eigenvalue weighted by atomic mass is 16.4. The van der Waals surface area contributed by atoms with Crippen molar-refractivity contribution in [1.29, 1.82) is 0 Å². The first-order chi connectivity index (χ1) is 10.0. The van der Waals surface area contributed by atoms with Gasteiger partial charge in [-0.3, -0.25) is 4.79 Å². The molecule has 2 aromatic heterocycles. The van der Waals surface area contributed by atoms with Crippen LogP contribution in [0.2, 0.25) is 0 Å². The van der Waals surface area contributed by atoms with E-state index in [1.54, 1.807) is 17.0 Å². The minimum absolute atomic E-state index is 0.159. The first-order valence-corrected chi connectivity index (χ1v) is 6.13. The van der Waals surface area contributed by atoms with E-state index in [1.807, 2.05) is 7.05 Å². The van der Waals surface area contributed by atoms with E-state index < -0.39 is 5.97 Å². The van der Waals surface area contributed by atoms with E-state index >= 15 is 0 Å². The topological polar surface area (TPSA) is 127 Å². The number of carboxylic acid groups (broad SMARTS) is 1. The Balaban J connectivity index is 1.75. The molecule has 0 aromatic carbocycles. The maximum Gasteiger partial charge on any atom is 0.325 e. The Labute approximate surface area is 119 Å². The SMILES string of the molecule is Cn1ccnc1CNC(=O)NCc1cn(CC(=O)O)nn1. The lowest BCUT2D eigenvalue weighted by Crippen LogP contribution is -2.35. The highest BCUT2D eigenvalue weighted by Crippen LogP contribution is 1.94. The van der Waals surface area contributed by atoms with Gasteiger partial charge in [-0.1, -0.05) is 5.21 Å². The van der Waals surface area contributed by atoms with Gasteiger partial charge in [-0.15, -0.1) is 5.10 Å². The molecule has 2 rings (SSSR count). The molecule has 21 heavy (non-hydrogen) atoms. The minimum atomic E-state index is -1.01. The van der Waals surface area contributed by atoms with Crippen LogP contribution in [0.4, 0.5) is 4.79 Å². The number of carbonyl (C=O) groups is 2. The van der Waals surface area contributed by atoms with Gasteiger partial charge in [-0.2, -0.15) is 0 Å². The normalized spacial score (nSPS) is 10.3. The van der Waals surface area contributed by atoms with Crippen LogP contribution < -0.4 is 10.6 Å². The number of aryl methyl sites for hydroxylation is 1. The van der Waals surface area contributed by atoms with E-state index in [4.69, 9.17) is 5.11 Å². The molecular formula is C11H15N7O3. The van der Waals surface area contributed by atoms with Gasteiger partial charge in [0.1, 0.15) is 18.1 Å². The quantitative estimate of drug-likeness (QED) is 0.633. The van der Waals surface area contributed by atoms with E-state index in [1.165, 1.54) is 10.9 Å². The van der Waals surface area contributed by atoms with Crippen LogP contribution in [0, 0.1) is 0 Å².